The Kier molecular flexibility index (Phi) is 3.54. The zero-order chi connectivity index (χ0) is 13.9. The molecule has 3 rings (SSSR count). The van der Waals surface area contributed by atoms with Gasteiger partial charge in [0, 0.05) is 23.3 Å². The zero-order valence-corrected chi connectivity index (χ0v) is 12.0. The molecule has 5 heteroatoms. The maximum atomic E-state index is 10.7. The SMILES string of the molecule is O=[N+]([O-])c1ccc(-c2sc[s+]c2-c2ccccc2)cc1. The van der Waals surface area contributed by atoms with Crippen molar-refractivity contribution in [3.8, 4) is 20.9 Å². The fourth-order valence-corrected chi connectivity index (χ4v) is 4.19. The first-order chi connectivity index (χ1) is 9.75. The van der Waals surface area contributed by atoms with E-state index in [2.05, 4.69) is 16.8 Å². The van der Waals surface area contributed by atoms with Gasteiger partial charge < -0.3 is 0 Å². The van der Waals surface area contributed by atoms with Gasteiger partial charge >= 0.3 is 0 Å². The summed E-state index contributed by atoms with van der Waals surface area (Å²) in [6, 6.07) is 16.9. The number of nitro benzene ring substituents is 1. The number of nitrogens with zero attached hydrogens (tertiary/aromatic N) is 1. The van der Waals surface area contributed by atoms with Crippen LogP contribution in [0.15, 0.2) is 59.3 Å². The molecule has 98 valence electrons. The Morgan fingerprint density at radius 3 is 2.30 bits per heavy atom. The number of non-ortho nitro benzene ring substituents is 1. The van der Waals surface area contributed by atoms with Gasteiger partial charge in [-0.25, -0.2) is 0 Å². The maximum Gasteiger partial charge on any atom is 0.269 e. The molecule has 3 nitrogen and oxygen atoms in total. The van der Waals surface area contributed by atoms with E-state index in [1.165, 1.54) is 10.4 Å². The topological polar surface area (TPSA) is 43.1 Å². The van der Waals surface area contributed by atoms with Crippen molar-refractivity contribution in [2.45, 2.75) is 0 Å². The summed E-state index contributed by atoms with van der Waals surface area (Å²) in [5.74, 6) is 0. The van der Waals surface area contributed by atoms with Gasteiger partial charge in [0.05, 0.1) is 27.6 Å². The molecule has 0 spiro atoms. The average molecular weight is 300 g/mol. The highest BCUT2D eigenvalue weighted by Gasteiger charge is 2.20. The fourth-order valence-electron chi connectivity index (χ4n) is 1.95. The first-order valence-electron chi connectivity index (χ1n) is 5.95. The number of rotatable bonds is 3. The molecule has 1 aromatic heterocycles. The van der Waals surface area contributed by atoms with Gasteiger partial charge in [-0.1, -0.05) is 30.3 Å². The first-order valence-corrected chi connectivity index (χ1v) is 7.71. The molecular weight excluding hydrogens is 290 g/mol. The van der Waals surface area contributed by atoms with Crippen LogP contribution < -0.4 is 0 Å². The van der Waals surface area contributed by atoms with Crippen LogP contribution in [0.1, 0.15) is 0 Å². The predicted molar refractivity (Wildman–Crippen MR) is 84.1 cm³/mol. The predicted octanol–water partition coefficient (Wildman–Crippen LogP) is 5.33. The monoisotopic (exact) mass is 300 g/mol. The quantitative estimate of drug-likeness (QED) is 0.372. The highest BCUT2D eigenvalue weighted by molar-refractivity contribution is 7.32. The van der Waals surface area contributed by atoms with Gasteiger partial charge in [0.15, 0.2) is 9.75 Å². The minimum absolute atomic E-state index is 0.121. The number of nitro groups is 1. The molecule has 0 atom stereocenters. The lowest BCUT2D eigenvalue weighted by Gasteiger charge is -1.97. The molecule has 0 amide bonds. The standard InChI is InChI=1S/C15H10NO2S2/c17-16(18)13-8-6-12(7-9-13)15-14(19-10-20-15)11-4-2-1-3-5-11/h1-10H/q+1. The summed E-state index contributed by atoms with van der Waals surface area (Å²) in [6.07, 6.45) is 0. The van der Waals surface area contributed by atoms with Crippen molar-refractivity contribution in [2.24, 2.45) is 0 Å². The van der Waals surface area contributed by atoms with Crippen LogP contribution in [-0.4, -0.2) is 4.92 Å². The zero-order valence-electron chi connectivity index (χ0n) is 10.4. The number of benzene rings is 2. The second kappa shape index (κ2) is 5.48. The molecule has 0 fully saturated rings. The van der Waals surface area contributed by atoms with Gasteiger partial charge in [-0.2, -0.15) is 0 Å². The molecule has 2 aromatic carbocycles. The van der Waals surface area contributed by atoms with Crippen LogP contribution in [0.3, 0.4) is 0 Å². The summed E-state index contributed by atoms with van der Waals surface area (Å²) >= 11 is 3.35. The van der Waals surface area contributed by atoms with Crippen LogP contribution >= 0.6 is 22.7 Å². The molecule has 1 heterocycles. The van der Waals surface area contributed by atoms with Crippen LogP contribution in [0.4, 0.5) is 5.69 Å². The second-order valence-corrected chi connectivity index (χ2v) is 6.22. The summed E-state index contributed by atoms with van der Waals surface area (Å²) in [7, 11) is 0. The molecule has 3 aromatic rings. The lowest BCUT2D eigenvalue weighted by Crippen LogP contribution is -1.86. The van der Waals surface area contributed by atoms with E-state index in [0.29, 0.717) is 0 Å². The Morgan fingerprint density at radius 2 is 1.65 bits per heavy atom. The lowest BCUT2D eigenvalue weighted by molar-refractivity contribution is -0.384. The summed E-state index contributed by atoms with van der Waals surface area (Å²) in [5.41, 5.74) is 2.31. The molecule has 0 aliphatic carbocycles. The minimum atomic E-state index is -0.376. The van der Waals surface area contributed by atoms with E-state index in [1.54, 1.807) is 34.8 Å². The Hall–Kier alpha value is -2.11. The molecule has 0 aliphatic rings. The summed E-state index contributed by atoms with van der Waals surface area (Å²) < 4.78 is 2.08. The van der Waals surface area contributed by atoms with Crippen molar-refractivity contribution in [1.29, 1.82) is 0 Å². The van der Waals surface area contributed by atoms with Gasteiger partial charge in [0.25, 0.3) is 5.69 Å². The van der Waals surface area contributed by atoms with E-state index in [1.807, 2.05) is 30.3 Å². The summed E-state index contributed by atoms with van der Waals surface area (Å²) in [6.45, 7) is 0. The molecule has 0 saturated carbocycles. The van der Waals surface area contributed by atoms with Crippen LogP contribution in [0.5, 0.6) is 0 Å². The first kappa shape index (κ1) is 12.9. The van der Waals surface area contributed by atoms with Crippen molar-refractivity contribution < 1.29 is 4.92 Å². The van der Waals surface area contributed by atoms with Crippen molar-refractivity contribution in [2.75, 3.05) is 0 Å². The minimum Gasteiger partial charge on any atom is -0.258 e. The fraction of sp³-hybridized carbons (Fsp3) is 0. The molecule has 0 radical (unpaired) electrons. The third-order valence-electron chi connectivity index (χ3n) is 2.91. The van der Waals surface area contributed by atoms with Gasteiger partial charge in [-0.15, -0.1) is 0 Å². The Balaban J connectivity index is 2.04. The number of hydrogen-bond acceptors (Lipinski definition) is 3. The summed E-state index contributed by atoms with van der Waals surface area (Å²) in [5, 5.41) is 10.7. The van der Waals surface area contributed by atoms with Crippen LogP contribution in [0.2, 0.25) is 0 Å². The van der Waals surface area contributed by atoms with Crippen molar-refractivity contribution in [3.63, 3.8) is 0 Å². The van der Waals surface area contributed by atoms with Gasteiger partial charge in [-0.05, 0) is 12.1 Å². The van der Waals surface area contributed by atoms with Crippen LogP contribution in [-0.2, 0) is 0 Å². The van der Waals surface area contributed by atoms with Crippen LogP contribution in [0, 0.1) is 10.1 Å². The molecule has 0 unspecified atom stereocenters. The number of hydrogen-bond donors (Lipinski definition) is 0. The smallest absolute Gasteiger partial charge is 0.258 e. The van der Waals surface area contributed by atoms with Gasteiger partial charge in [0.2, 0.25) is 4.69 Å². The van der Waals surface area contributed by atoms with Crippen molar-refractivity contribution >= 4 is 28.4 Å². The molecule has 20 heavy (non-hydrogen) atoms. The van der Waals surface area contributed by atoms with E-state index >= 15 is 0 Å². The summed E-state index contributed by atoms with van der Waals surface area (Å²) in [4.78, 5) is 12.7. The second-order valence-electron chi connectivity index (χ2n) is 4.16. The Bertz CT molecular complexity index is 736. The van der Waals surface area contributed by atoms with E-state index in [-0.39, 0.29) is 10.6 Å². The van der Waals surface area contributed by atoms with E-state index in [0.717, 1.165) is 10.4 Å². The molecule has 0 bridgehead atoms. The van der Waals surface area contributed by atoms with E-state index < -0.39 is 0 Å². The highest BCUT2D eigenvalue weighted by Crippen LogP contribution is 2.40. The molecule has 0 N–H and O–H groups in total. The maximum absolute atomic E-state index is 10.7. The van der Waals surface area contributed by atoms with E-state index in [4.69, 9.17) is 0 Å². The van der Waals surface area contributed by atoms with E-state index in [9.17, 15) is 10.1 Å². The highest BCUT2D eigenvalue weighted by atomic mass is 32.2. The molecule has 0 saturated heterocycles. The lowest BCUT2D eigenvalue weighted by atomic mass is 10.1. The third-order valence-corrected chi connectivity index (χ3v) is 5.16. The van der Waals surface area contributed by atoms with Crippen LogP contribution in [0.25, 0.3) is 20.9 Å². The Morgan fingerprint density at radius 1 is 0.950 bits per heavy atom. The Labute approximate surface area is 123 Å². The third kappa shape index (κ3) is 2.45. The van der Waals surface area contributed by atoms with Crippen molar-refractivity contribution in [1.82, 2.24) is 0 Å². The normalized spacial score (nSPS) is 10.4. The molecular formula is C15H10NO2S2+. The average Bonchev–Trinajstić information content (AvgIpc) is 2.97. The van der Waals surface area contributed by atoms with Gasteiger partial charge in [0.1, 0.15) is 0 Å². The van der Waals surface area contributed by atoms with Crippen molar-refractivity contribution in [3.05, 3.63) is 69.4 Å². The van der Waals surface area contributed by atoms with Gasteiger partial charge in [-0.3, -0.25) is 10.1 Å². The molecule has 0 aliphatic heterocycles. The largest absolute Gasteiger partial charge is 0.269 e.